The second-order valence-corrected chi connectivity index (χ2v) is 7.46. The second kappa shape index (κ2) is 7.73. The molecule has 0 spiro atoms. The zero-order valence-electron chi connectivity index (χ0n) is 16.5. The predicted molar refractivity (Wildman–Crippen MR) is 117 cm³/mol. The molecule has 2 aromatic heterocycles. The summed E-state index contributed by atoms with van der Waals surface area (Å²) in [5.41, 5.74) is 13.2. The van der Waals surface area contributed by atoms with E-state index in [9.17, 15) is 4.39 Å². The zero-order chi connectivity index (χ0) is 21.4. The maximum absolute atomic E-state index is 14.7. The maximum atomic E-state index is 14.7. The average molecular weight is 420 g/mol. The monoisotopic (exact) mass is 420 g/mol. The number of hydrogen-bond donors (Lipinski definition) is 4. The molecule has 0 saturated carbocycles. The van der Waals surface area contributed by atoms with E-state index in [2.05, 4.69) is 30.4 Å². The van der Waals surface area contributed by atoms with Crippen molar-refractivity contribution in [3.63, 3.8) is 0 Å². The number of fused-ring (bicyclic) bond motifs is 1. The molecule has 0 radical (unpaired) electrons. The van der Waals surface area contributed by atoms with Crippen LogP contribution in [0.5, 0.6) is 11.5 Å². The van der Waals surface area contributed by atoms with Crippen LogP contribution in [0.25, 0.3) is 10.9 Å². The molecule has 1 aliphatic rings. The highest BCUT2D eigenvalue weighted by Crippen LogP contribution is 2.30. The van der Waals surface area contributed by atoms with E-state index in [1.165, 1.54) is 6.07 Å². The summed E-state index contributed by atoms with van der Waals surface area (Å²) in [6.07, 6.45) is 2.58. The summed E-state index contributed by atoms with van der Waals surface area (Å²) in [4.78, 5) is 10.5. The summed E-state index contributed by atoms with van der Waals surface area (Å²) in [6.45, 7) is 1.52. The number of aromatic nitrogens is 4. The third-order valence-electron chi connectivity index (χ3n) is 5.12. The maximum Gasteiger partial charge on any atom is 0.223 e. The van der Waals surface area contributed by atoms with Crippen molar-refractivity contribution in [3.05, 3.63) is 54.5 Å². The van der Waals surface area contributed by atoms with Crippen molar-refractivity contribution in [2.24, 2.45) is 5.73 Å². The Morgan fingerprint density at radius 3 is 2.87 bits per heavy atom. The molecule has 31 heavy (non-hydrogen) atoms. The third kappa shape index (κ3) is 4.05. The molecule has 10 heteroatoms. The van der Waals surface area contributed by atoms with Gasteiger partial charge in [0.15, 0.2) is 11.6 Å². The normalized spacial score (nSPS) is 16.1. The number of benzene rings is 2. The Hall–Kier alpha value is -3.92. The largest absolute Gasteiger partial charge is 0.454 e. The Labute approximate surface area is 177 Å². The van der Waals surface area contributed by atoms with Gasteiger partial charge in [0.25, 0.3) is 0 Å². The van der Waals surface area contributed by atoms with Crippen LogP contribution >= 0.6 is 0 Å². The van der Waals surface area contributed by atoms with E-state index in [0.717, 1.165) is 23.9 Å². The van der Waals surface area contributed by atoms with Gasteiger partial charge in [-0.05, 0) is 36.8 Å². The van der Waals surface area contributed by atoms with Crippen molar-refractivity contribution in [1.82, 2.24) is 20.2 Å². The van der Waals surface area contributed by atoms with Gasteiger partial charge in [-0.2, -0.15) is 15.1 Å². The molecule has 0 aliphatic carbocycles. The molecule has 4 aromatic rings. The lowest BCUT2D eigenvalue weighted by molar-refractivity contribution is 0.443. The fraction of sp³-hybridized carbons (Fsp3) is 0.190. The van der Waals surface area contributed by atoms with Crippen molar-refractivity contribution >= 4 is 34.2 Å². The van der Waals surface area contributed by atoms with Crippen molar-refractivity contribution in [2.75, 3.05) is 29.0 Å². The van der Waals surface area contributed by atoms with E-state index >= 15 is 0 Å². The fourth-order valence-electron chi connectivity index (χ4n) is 3.59. The Balaban J connectivity index is 1.33. The minimum absolute atomic E-state index is 0.113. The molecule has 9 nitrogen and oxygen atoms in total. The van der Waals surface area contributed by atoms with Gasteiger partial charge >= 0.3 is 0 Å². The van der Waals surface area contributed by atoms with Crippen LogP contribution in [0.15, 0.2) is 48.7 Å². The van der Waals surface area contributed by atoms with Crippen LogP contribution in [0.3, 0.4) is 0 Å². The molecule has 0 bridgehead atoms. The fourth-order valence-corrected chi connectivity index (χ4v) is 3.59. The van der Waals surface area contributed by atoms with Gasteiger partial charge in [-0.3, -0.25) is 5.10 Å². The van der Waals surface area contributed by atoms with E-state index in [-0.39, 0.29) is 17.7 Å². The molecule has 1 aliphatic heterocycles. The first-order valence-corrected chi connectivity index (χ1v) is 9.86. The Morgan fingerprint density at radius 2 is 2.06 bits per heavy atom. The molecule has 1 fully saturated rings. The summed E-state index contributed by atoms with van der Waals surface area (Å²) < 4.78 is 20.4. The van der Waals surface area contributed by atoms with E-state index in [1.54, 1.807) is 36.5 Å². The van der Waals surface area contributed by atoms with Gasteiger partial charge in [0.05, 0.1) is 11.7 Å². The lowest BCUT2D eigenvalue weighted by Crippen LogP contribution is -2.27. The van der Waals surface area contributed by atoms with Crippen LogP contribution in [-0.4, -0.2) is 39.3 Å². The third-order valence-corrected chi connectivity index (χ3v) is 5.12. The predicted octanol–water partition coefficient (Wildman–Crippen LogP) is 3.15. The van der Waals surface area contributed by atoms with Crippen molar-refractivity contribution in [2.45, 2.75) is 12.5 Å². The minimum Gasteiger partial charge on any atom is -0.454 e. The molecule has 6 N–H and O–H groups in total. The van der Waals surface area contributed by atoms with E-state index in [4.69, 9.17) is 16.2 Å². The smallest absolute Gasteiger partial charge is 0.223 e. The van der Waals surface area contributed by atoms with E-state index < -0.39 is 5.82 Å². The lowest BCUT2D eigenvalue weighted by atomic mass is 10.2. The second-order valence-electron chi connectivity index (χ2n) is 7.46. The Morgan fingerprint density at radius 1 is 1.16 bits per heavy atom. The molecule has 0 unspecified atom stereocenters. The molecular formula is C21H21FN8O. The van der Waals surface area contributed by atoms with Crippen LogP contribution in [0, 0.1) is 5.82 Å². The number of H-pyrrole nitrogens is 1. The number of hydrogen-bond acceptors (Lipinski definition) is 8. The summed E-state index contributed by atoms with van der Waals surface area (Å²) in [6, 6.07) is 11.9. The standard InChI is InChI=1S/C21H21FN8O/c22-16-8-14(1-4-18(16)31-15-2-3-17-12(7-15)10-25-29-17)26-19-9-20(28-21(24)27-19)30-6-5-13(23)11-30/h1-4,7-10,13H,5-6,11,23H2,(H,25,29)(H3,24,26,27,28)/t13-/m1/s1. The quantitative estimate of drug-likeness (QED) is 0.387. The summed E-state index contributed by atoms with van der Waals surface area (Å²) in [7, 11) is 0. The van der Waals surface area contributed by atoms with Crippen molar-refractivity contribution in [3.8, 4) is 11.5 Å². The molecule has 158 valence electrons. The van der Waals surface area contributed by atoms with Gasteiger partial charge in [0, 0.05) is 42.3 Å². The number of nitrogens with two attached hydrogens (primary N) is 2. The Bertz CT molecular complexity index is 1240. The van der Waals surface area contributed by atoms with E-state index in [1.807, 2.05) is 6.07 Å². The van der Waals surface area contributed by atoms with Crippen molar-refractivity contribution < 1.29 is 9.13 Å². The lowest BCUT2D eigenvalue weighted by Gasteiger charge is -2.18. The first-order chi connectivity index (χ1) is 15.0. The van der Waals surface area contributed by atoms with Crippen LogP contribution in [0.2, 0.25) is 0 Å². The van der Waals surface area contributed by atoms with Crippen LogP contribution < -0.4 is 26.4 Å². The molecule has 1 atom stereocenters. The van der Waals surface area contributed by atoms with Crippen LogP contribution in [0.1, 0.15) is 6.42 Å². The zero-order valence-corrected chi connectivity index (χ0v) is 16.5. The molecule has 1 saturated heterocycles. The van der Waals surface area contributed by atoms with Crippen LogP contribution in [-0.2, 0) is 0 Å². The number of nitrogens with one attached hydrogen (secondary N) is 2. The SMILES string of the molecule is Nc1nc(Nc2ccc(Oc3ccc4[nH]ncc4c3)c(F)c2)cc(N2CC[C@@H](N)C2)n1. The van der Waals surface area contributed by atoms with Gasteiger partial charge in [-0.1, -0.05) is 0 Å². The highest BCUT2D eigenvalue weighted by Gasteiger charge is 2.21. The topological polar surface area (TPSA) is 131 Å². The molecule has 3 heterocycles. The Kier molecular flexibility index (Phi) is 4.75. The number of anilines is 4. The molecular weight excluding hydrogens is 399 g/mol. The first-order valence-electron chi connectivity index (χ1n) is 9.86. The summed E-state index contributed by atoms with van der Waals surface area (Å²) in [5, 5.41) is 10.8. The molecule has 2 aromatic carbocycles. The minimum atomic E-state index is -0.509. The van der Waals surface area contributed by atoms with Gasteiger partial charge in [0.2, 0.25) is 5.95 Å². The van der Waals surface area contributed by atoms with Gasteiger partial charge in [-0.25, -0.2) is 4.39 Å². The first kappa shape index (κ1) is 19.1. The highest BCUT2D eigenvalue weighted by atomic mass is 19.1. The van der Waals surface area contributed by atoms with E-state index in [0.29, 0.717) is 29.6 Å². The molecule has 0 amide bonds. The van der Waals surface area contributed by atoms with Crippen molar-refractivity contribution in [1.29, 1.82) is 0 Å². The summed E-state index contributed by atoms with van der Waals surface area (Å²) in [5.74, 6) is 1.42. The van der Waals surface area contributed by atoms with Gasteiger partial charge in [0.1, 0.15) is 17.4 Å². The number of ether oxygens (including phenoxy) is 1. The number of rotatable bonds is 5. The number of halogens is 1. The summed E-state index contributed by atoms with van der Waals surface area (Å²) >= 11 is 0. The van der Waals surface area contributed by atoms with Crippen LogP contribution in [0.4, 0.5) is 27.7 Å². The highest BCUT2D eigenvalue weighted by molar-refractivity contribution is 5.79. The number of nitrogens with zero attached hydrogens (tertiary/aromatic N) is 4. The average Bonchev–Trinajstić information content (AvgIpc) is 3.38. The number of nitrogen functional groups attached to an aromatic ring is 1. The van der Waals surface area contributed by atoms with Gasteiger partial charge < -0.3 is 26.4 Å². The molecule has 5 rings (SSSR count). The number of aromatic amines is 1. The van der Waals surface area contributed by atoms with Gasteiger partial charge in [-0.15, -0.1) is 0 Å².